The molecule has 1 atom stereocenters. The first-order valence-electron chi connectivity index (χ1n) is 4.09. The number of hydrogen-bond acceptors (Lipinski definition) is 2. The van der Waals surface area contributed by atoms with Gasteiger partial charge in [0.1, 0.15) is 5.75 Å². The summed E-state index contributed by atoms with van der Waals surface area (Å²) in [5.41, 5.74) is 5.66. The van der Waals surface area contributed by atoms with Crippen molar-refractivity contribution < 1.29 is 17.9 Å². The van der Waals surface area contributed by atoms with E-state index in [0.29, 0.717) is 4.47 Å². The molecule has 2 N–H and O–H groups in total. The number of benzene rings is 1. The molecule has 1 aromatic carbocycles. The molecule has 1 unspecified atom stereocenters. The van der Waals surface area contributed by atoms with E-state index in [2.05, 4.69) is 15.9 Å². The Morgan fingerprint density at radius 3 is 2.47 bits per heavy atom. The highest BCUT2D eigenvalue weighted by Gasteiger charge is 2.38. The van der Waals surface area contributed by atoms with Gasteiger partial charge in [-0.3, -0.25) is 0 Å². The van der Waals surface area contributed by atoms with Crippen molar-refractivity contribution in [3.8, 4) is 5.75 Å². The average molecular weight is 284 g/mol. The van der Waals surface area contributed by atoms with E-state index in [-0.39, 0.29) is 11.4 Å². The second kappa shape index (κ2) is 4.30. The lowest BCUT2D eigenvalue weighted by Gasteiger charge is -2.18. The molecule has 0 aliphatic carbocycles. The Balaban J connectivity index is 2.82. The second-order valence-corrected chi connectivity index (χ2v) is 3.90. The molecule has 15 heavy (non-hydrogen) atoms. The van der Waals surface area contributed by atoms with Crippen LogP contribution in [0.1, 0.15) is 6.92 Å². The predicted octanol–water partition coefficient (Wildman–Crippen LogP) is 3.36. The van der Waals surface area contributed by atoms with Crippen molar-refractivity contribution in [1.82, 2.24) is 0 Å². The van der Waals surface area contributed by atoms with Gasteiger partial charge in [-0.2, -0.15) is 13.2 Å². The maximum Gasteiger partial charge on any atom is 0.425 e. The van der Waals surface area contributed by atoms with E-state index < -0.39 is 12.3 Å². The number of nitrogen functional groups attached to an aromatic ring is 1. The van der Waals surface area contributed by atoms with E-state index in [1.54, 1.807) is 6.07 Å². The first-order chi connectivity index (χ1) is 6.80. The van der Waals surface area contributed by atoms with E-state index in [1.807, 2.05) is 0 Å². The summed E-state index contributed by atoms with van der Waals surface area (Å²) in [6.07, 6.45) is -6.26. The Morgan fingerprint density at radius 1 is 1.40 bits per heavy atom. The molecular weight excluding hydrogens is 275 g/mol. The standard InChI is InChI=1S/C9H9BrF3NO/c1-5(9(11,12)13)15-8-3-2-6(10)4-7(8)14/h2-5H,14H2,1H3. The van der Waals surface area contributed by atoms with Gasteiger partial charge < -0.3 is 10.5 Å². The van der Waals surface area contributed by atoms with Gasteiger partial charge in [-0.05, 0) is 25.1 Å². The molecule has 1 aromatic rings. The fourth-order valence-electron chi connectivity index (χ4n) is 0.884. The molecule has 0 spiro atoms. The van der Waals surface area contributed by atoms with Crippen LogP contribution in [-0.2, 0) is 0 Å². The molecule has 0 bridgehead atoms. The quantitative estimate of drug-likeness (QED) is 0.845. The number of alkyl halides is 3. The summed E-state index contributed by atoms with van der Waals surface area (Å²) < 4.78 is 41.9. The third kappa shape index (κ3) is 3.30. The Hall–Kier alpha value is -0.910. The Kier molecular flexibility index (Phi) is 3.49. The SMILES string of the molecule is CC(Oc1ccc(Br)cc1N)C(F)(F)F. The van der Waals surface area contributed by atoms with E-state index in [0.717, 1.165) is 6.92 Å². The maximum absolute atomic E-state index is 12.2. The Morgan fingerprint density at radius 2 is 2.00 bits per heavy atom. The van der Waals surface area contributed by atoms with Gasteiger partial charge in [0, 0.05) is 4.47 Å². The van der Waals surface area contributed by atoms with Gasteiger partial charge in [0.25, 0.3) is 0 Å². The minimum absolute atomic E-state index is 0.0306. The lowest BCUT2D eigenvalue weighted by Crippen LogP contribution is -2.31. The topological polar surface area (TPSA) is 35.2 Å². The summed E-state index contributed by atoms with van der Waals surface area (Å²) in [6, 6.07) is 4.44. The van der Waals surface area contributed by atoms with Crippen LogP contribution >= 0.6 is 15.9 Å². The highest BCUT2D eigenvalue weighted by molar-refractivity contribution is 9.10. The number of halogens is 4. The molecule has 0 aromatic heterocycles. The van der Waals surface area contributed by atoms with E-state index >= 15 is 0 Å². The smallest absolute Gasteiger partial charge is 0.425 e. The average Bonchev–Trinajstić information content (AvgIpc) is 2.08. The summed E-state index contributed by atoms with van der Waals surface area (Å²) in [7, 11) is 0. The molecule has 0 heterocycles. The van der Waals surface area contributed by atoms with Crippen molar-refractivity contribution in [2.45, 2.75) is 19.2 Å². The monoisotopic (exact) mass is 283 g/mol. The van der Waals surface area contributed by atoms with E-state index in [4.69, 9.17) is 10.5 Å². The first-order valence-corrected chi connectivity index (χ1v) is 4.88. The van der Waals surface area contributed by atoms with E-state index in [1.165, 1.54) is 12.1 Å². The minimum atomic E-state index is -4.39. The zero-order chi connectivity index (χ0) is 11.6. The molecule has 6 heteroatoms. The third-order valence-corrected chi connectivity index (χ3v) is 2.23. The summed E-state index contributed by atoms with van der Waals surface area (Å²) in [6.45, 7) is 0.932. The molecule has 0 aliphatic rings. The van der Waals surface area contributed by atoms with Crippen LogP contribution in [0.5, 0.6) is 5.75 Å². The predicted molar refractivity (Wildman–Crippen MR) is 54.7 cm³/mol. The molecule has 84 valence electrons. The number of rotatable bonds is 2. The molecule has 1 rings (SSSR count). The van der Waals surface area contributed by atoms with Gasteiger partial charge in [-0.25, -0.2) is 0 Å². The molecule has 0 fully saturated rings. The fourth-order valence-corrected chi connectivity index (χ4v) is 1.26. The Bertz CT molecular complexity index is 354. The highest BCUT2D eigenvalue weighted by Crippen LogP contribution is 2.30. The lowest BCUT2D eigenvalue weighted by atomic mass is 10.3. The van der Waals surface area contributed by atoms with Crippen molar-refractivity contribution >= 4 is 21.6 Å². The normalized spacial score (nSPS) is 13.7. The van der Waals surface area contributed by atoms with Gasteiger partial charge in [0.2, 0.25) is 0 Å². The van der Waals surface area contributed by atoms with Gasteiger partial charge in [-0.15, -0.1) is 0 Å². The van der Waals surface area contributed by atoms with Gasteiger partial charge in [0.05, 0.1) is 5.69 Å². The van der Waals surface area contributed by atoms with Crippen LogP contribution < -0.4 is 10.5 Å². The van der Waals surface area contributed by atoms with Gasteiger partial charge >= 0.3 is 6.18 Å². The molecule has 0 radical (unpaired) electrons. The molecule has 0 saturated heterocycles. The summed E-state index contributed by atoms with van der Waals surface area (Å²) >= 11 is 3.14. The number of anilines is 1. The zero-order valence-corrected chi connectivity index (χ0v) is 9.39. The van der Waals surface area contributed by atoms with Crippen molar-refractivity contribution in [3.63, 3.8) is 0 Å². The summed E-state index contributed by atoms with van der Waals surface area (Å²) in [4.78, 5) is 0. The molecule has 2 nitrogen and oxygen atoms in total. The lowest BCUT2D eigenvalue weighted by molar-refractivity contribution is -0.189. The minimum Gasteiger partial charge on any atom is -0.479 e. The maximum atomic E-state index is 12.2. The molecular formula is C9H9BrF3NO. The third-order valence-electron chi connectivity index (χ3n) is 1.74. The van der Waals surface area contributed by atoms with Crippen molar-refractivity contribution in [2.24, 2.45) is 0 Å². The largest absolute Gasteiger partial charge is 0.479 e. The number of nitrogens with two attached hydrogens (primary N) is 1. The van der Waals surface area contributed by atoms with Gasteiger partial charge in [-0.1, -0.05) is 15.9 Å². The van der Waals surface area contributed by atoms with Crippen molar-refractivity contribution in [3.05, 3.63) is 22.7 Å². The van der Waals surface area contributed by atoms with Crippen LogP contribution in [0.15, 0.2) is 22.7 Å². The van der Waals surface area contributed by atoms with Crippen LogP contribution in [-0.4, -0.2) is 12.3 Å². The Labute approximate surface area is 93.3 Å². The zero-order valence-electron chi connectivity index (χ0n) is 7.81. The first kappa shape index (κ1) is 12.2. The van der Waals surface area contributed by atoms with Crippen LogP contribution in [0.2, 0.25) is 0 Å². The molecule has 0 aliphatic heterocycles. The molecule has 0 saturated carbocycles. The second-order valence-electron chi connectivity index (χ2n) is 2.98. The number of ether oxygens (including phenoxy) is 1. The summed E-state index contributed by atoms with van der Waals surface area (Å²) in [5.74, 6) is 0.0306. The summed E-state index contributed by atoms with van der Waals surface area (Å²) in [5, 5.41) is 0. The van der Waals surface area contributed by atoms with Crippen LogP contribution in [0, 0.1) is 0 Å². The fraction of sp³-hybridized carbons (Fsp3) is 0.333. The number of hydrogen-bond donors (Lipinski definition) is 1. The molecule has 0 amide bonds. The van der Waals surface area contributed by atoms with Crippen molar-refractivity contribution in [1.29, 1.82) is 0 Å². The van der Waals surface area contributed by atoms with E-state index in [9.17, 15) is 13.2 Å². The van der Waals surface area contributed by atoms with Crippen LogP contribution in [0.4, 0.5) is 18.9 Å². The highest BCUT2D eigenvalue weighted by atomic mass is 79.9. The van der Waals surface area contributed by atoms with Gasteiger partial charge in [0.15, 0.2) is 6.10 Å². The van der Waals surface area contributed by atoms with Crippen molar-refractivity contribution in [2.75, 3.05) is 5.73 Å². The van der Waals surface area contributed by atoms with Crippen LogP contribution in [0.3, 0.4) is 0 Å². The van der Waals surface area contributed by atoms with Crippen LogP contribution in [0.25, 0.3) is 0 Å².